The number of phenols is 2. The molecule has 0 radical (unpaired) electrons. The topological polar surface area (TPSA) is 113 Å². The van der Waals surface area contributed by atoms with Crippen LogP contribution in [-0.4, -0.2) is 54.9 Å². The number of aromatic hydroxyl groups is 2. The normalized spacial score (nSPS) is 26.2. The summed E-state index contributed by atoms with van der Waals surface area (Å²) in [6.07, 6.45) is 2.69. The third-order valence-corrected chi connectivity index (χ3v) is 6.40. The van der Waals surface area contributed by atoms with E-state index in [0.717, 1.165) is 5.56 Å². The first-order chi connectivity index (χ1) is 11.3. The second-order valence-electron chi connectivity index (χ2n) is 6.60. The van der Waals surface area contributed by atoms with Crippen LogP contribution in [0.3, 0.4) is 0 Å². The average molecular weight is 356 g/mol. The van der Waals surface area contributed by atoms with E-state index in [2.05, 4.69) is 0 Å². The first kappa shape index (κ1) is 17.5. The van der Waals surface area contributed by atoms with E-state index in [1.807, 2.05) is 0 Å². The number of phenolic OH excluding ortho intramolecular Hbond substituents is 2. The molecule has 8 heteroatoms. The van der Waals surface area contributed by atoms with E-state index >= 15 is 0 Å². The van der Waals surface area contributed by atoms with Gasteiger partial charge >= 0.3 is 0 Å². The van der Waals surface area contributed by atoms with Crippen LogP contribution in [0.1, 0.15) is 30.1 Å². The van der Waals surface area contributed by atoms with Crippen LogP contribution in [0.5, 0.6) is 11.5 Å². The Kier molecular flexibility index (Phi) is 4.74. The molecule has 1 fully saturated rings. The van der Waals surface area contributed by atoms with Crippen LogP contribution in [0, 0.1) is 5.92 Å². The van der Waals surface area contributed by atoms with Gasteiger partial charge < -0.3 is 20.7 Å². The lowest BCUT2D eigenvalue weighted by atomic mass is 9.84. The number of hydrogen-bond acceptors (Lipinski definition) is 6. The summed E-state index contributed by atoms with van der Waals surface area (Å²) in [5, 5.41) is 19.9. The lowest BCUT2D eigenvalue weighted by Gasteiger charge is -2.39. The Balaban J connectivity index is 1.78. The maximum atomic E-state index is 11.6. The molecule has 24 heavy (non-hydrogen) atoms. The zero-order chi connectivity index (χ0) is 17.5. The lowest BCUT2D eigenvalue weighted by Crippen LogP contribution is -2.43. The molecule has 1 saturated heterocycles. The average Bonchev–Trinajstić information content (AvgIpc) is 2.56. The molecule has 2 aliphatic rings. The highest BCUT2D eigenvalue weighted by atomic mass is 32.2. The van der Waals surface area contributed by atoms with Gasteiger partial charge in [0.1, 0.15) is 0 Å². The maximum absolute atomic E-state index is 11.6. The number of nitrogens with two attached hydrogens (primary N) is 1. The Labute approximate surface area is 142 Å². The van der Waals surface area contributed by atoms with Crippen LogP contribution in [-0.2, 0) is 21.2 Å². The van der Waals surface area contributed by atoms with Gasteiger partial charge in [0, 0.05) is 31.6 Å². The molecule has 1 aromatic rings. The van der Waals surface area contributed by atoms with Gasteiger partial charge in [0.25, 0.3) is 0 Å². The largest absolute Gasteiger partial charge is 0.504 e. The van der Waals surface area contributed by atoms with Crippen molar-refractivity contribution in [3.63, 3.8) is 0 Å². The van der Waals surface area contributed by atoms with Crippen molar-refractivity contribution in [1.82, 2.24) is 4.31 Å². The Morgan fingerprint density at radius 1 is 1.29 bits per heavy atom. The summed E-state index contributed by atoms with van der Waals surface area (Å²) >= 11 is 0. The van der Waals surface area contributed by atoms with Crippen molar-refractivity contribution in [1.29, 1.82) is 0 Å². The van der Waals surface area contributed by atoms with E-state index in [0.29, 0.717) is 37.9 Å². The number of piperidine rings is 1. The molecule has 7 nitrogen and oxygen atoms in total. The molecule has 0 aromatic heterocycles. The lowest BCUT2D eigenvalue weighted by molar-refractivity contribution is -0.0612. The Morgan fingerprint density at radius 3 is 2.54 bits per heavy atom. The highest BCUT2D eigenvalue weighted by Crippen LogP contribution is 2.42. The van der Waals surface area contributed by atoms with E-state index < -0.39 is 10.0 Å². The molecule has 134 valence electrons. The zero-order valence-electron chi connectivity index (χ0n) is 13.7. The summed E-state index contributed by atoms with van der Waals surface area (Å²) in [7, 11) is -3.16. The number of sulfonamides is 1. The third-order valence-electron chi connectivity index (χ3n) is 5.10. The van der Waals surface area contributed by atoms with Crippen LogP contribution >= 0.6 is 0 Å². The van der Waals surface area contributed by atoms with Gasteiger partial charge in [-0.3, -0.25) is 0 Å². The zero-order valence-corrected chi connectivity index (χ0v) is 14.5. The molecular weight excluding hydrogens is 332 g/mol. The molecule has 0 saturated carbocycles. The minimum Gasteiger partial charge on any atom is -0.504 e. The monoisotopic (exact) mass is 356 g/mol. The minimum absolute atomic E-state index is 0.104. The van der Waals surface area contributed by atoms with Crippen molar-refractivity contribution in [2.24, 2.45) is 11.7 Å². The van der Waals surface area contributed by atoms with Crippen molar-refractivity contribution in [2.45, 2.75) is 31.5 Å². The molecule has 0 bridgehead atoms. The Hall–Kier alpha value is -1.35. The molecule has 3 rings (SSSR count). The van der Waals surface area contributed by atoms with Gasteiger partial charge in [-0.15, -0.1) is 0 Å². The van der Waals surface area contributed by atoms with E-state index in [9.17, 15) is 18.6 Å². The summed E-state index contributed by atoms with van der Waals surface area (Å²) < 4.78 is 30.9. The fraction of sp³-hybridized carbons (Fsp3) is 0.625. The van der Waals surface area contributed by atoms with Crippen LogP contribution in [0.15, 0.2) is 12.1 Å². The quantitative estimate of drug-likeness (QED) is 0.688. The van der Waals surface area contributed by atoms with Crippen molar-refractivity contribution in [2.75, 3.05) is 25.9 Å². The Bertz CT molecular complexity index is 713. The molecule has 4 N–H and O–H groups in total. The summed E-state index contributed by atoms with van der Waals surface area (Å²) in [4.78, 5) is 0. The second kappa shape index (κ2) is 6.51. The van der Waals surface area contributed by atoms with Crippen LogP contribution < -0.4 is 5.73 Å². The first-order valence-electron chi connectivity index (χ1n) is 8.15. The number of rotatable bonds is 3. The van der Waals surface area contributed by atoms with E-state index in [1.54, 1.807) is 6.07 Å². The molecule has 2 atom stereocenters. The summed E-state index contributed by atoms with van der Waals surface area (Å²) in [5.41, 5.74) is 7.32. The molecule has 1 aromatic carbocycles. The predicted molar refractivity (Wildman–Crippen MR) is 89.3 cm³/mol. The smallest absolute Gasteiger partial charge is 0.211 e. The van der Waals surface area contributed by atoms with E-state index in [4.69, 9.17) is 10.5 Å². The fourth-order valence-electron chi connectivity index (χ4n) is 3.73. The molecule has 2 heterocycles. The fourth-order valence-corrected chi connectivity index (χ4v) is 4.60. The minimum atomic E-state index is -3.16. The van der Waals surface area contributed by atoms with Gasteiger partial charge in [0.2, 0.25) is 10.0 Å². The SMILES string of the molecule is CS(=O)(=O)N1CCC(C2Cc3c(ccc(O)c3O)C(CN)O2)CC1. The molecule has 0 spiro atoms. The van der Waals surface area contributed by atoms with Crippen molar-refractivity contribution in [3.8, 4) is 11.5 Å². The molecular formula is C16H24N2O5S. The third kappa shape index (κ3) is 3.23. The van der Waals surface area contributed by atoms with Gasteiger partial charge in [0.05, 0.1) is 18.5 Å². The van der Waals surface area contributed by atoms with Crippen LogP contribution in [0.4, 0.5) is 0 Å². The maximum Gasteiger partial charge on any atom is 0.211 e. The standard InChI is InChI=1S/C16H24N2O5S/c1-24(21,22)18-6-4-10(5-7-18)14-8-12-11(15(9-17)23-14)2-3-13(19)16(12)20/h2-3,10,14-15,19-20H,4-9,17H2,1H3. The predicted octanol–water partition coefficient (Wildman–Crippen LogP) is 0.710. The van der Waals surface area contributed by atoms with Gasteiger partial charge in [-0.05, 0) is 30.4 Å². The number of benzene rings is 1. The highest BCUT2D eigenvalue weighted by molar-refractivity contribution is 7.88. The van der Waals surface area contributed by atoms with E-state index in [1.165, 1.54) is 16.6 Å². The summed E-state index contributed by atoms with van der Waals surface area (Å²) in [5.74, 6) is -0.0446. The number of fused-ring (bicyclic) bond motifs is 1. The van der Waals surface area contributed by atoms with Crippen LogP contribution in [0.2, 0.25) is 0 Å². The van der Waals surface area contributed by atoms with Gasteiger partial charge in [-0.1, -0.05) is 6.07 Å². The second-order valence-corrected chi connectivity index (χ2v) is 8.59. The molecule has 0 aliphatic carbocycles. The highest BCUT2D eigenvalue weighted by Gasteiger charge is 2.36. The van der Waals surface area contributed by atoms with Gasteiger partial charge in [0.15, 0.2) is 11.5 Å². The van der Waals surface area contributed by atoms with E-state index in [-0.39, 0.29) is 36.2 Å². The van der Waals surface area contributed by atoms with Gasteiger partial charge in [-0.2, -0.15) is 0 Å². The molecule has 2 aliphatic heterocycles. The molecule has 0 amide bonds. The van der Waals surface area contributed by atoms with Crippen LogP contribution in [0.25, 0.3) is 0 Å². The first-order valence-corrected chi connectivity index (χ1v) is 10.0. The Morgan fingerprint density at radius 2 is 1.96 bits per heavy atom. The van der Waals surface area contributed by atoms with Crippen molar-refractivity contribution >= 4 is 10.0 Å². The van der Waals surface area contributed by atoms with Gasteiger partial charge in [-0.25, -0.2) is 12.7 Å². The summed E-state index contributed by atoms with van der Waals surface area (Å²) in [6.45, 7) is 1.25. The number of hydrogen-bond donors (Lipinski definition) is 3. The molecule has 2 unspecified atom stereocenters. The number of ether oxygens (including phenoxy) is 1. The number of nitrogens with zero attached hydrogens (tertiary/aromatic N) is 1. The van der Waals surface area contributed by atoms with Crippen molar-refractivity contribution in [3.05, 3.63) is 23.3 Å². The van der Waals surface area contributed by atoms with Crippen molar-refractivity contribution < 1.29 is 23.4 Å². The summed E-state index contributed by atoms with van der Waals surface area (Å²) in [6, 6.07) is 3.19.